The Bertz CT molecular complexity index is 2700. The number of nitrogen functional groups attached to an aromatic ring is 1. The molecular formula is C47H46F2N10O7. The third-order valence-corrected chi connectivity index (χ3v) is 12.8. The highest BCUT2D eigenvalue weighted by Crippen LogP contribution is 2.35. The van der Waals surface area contributed by atoms with Gasteiger partial charge in [0.15, 0.2) is 11.5 Å². The number of hydrogen-bond donors (Lipinski definition) is 3. The van der Waals surface area contributed by atoms with Crippen LogP contribution in [0.5, 0.6) is 0 Å². The summed E-state index contributed by atoms with van der Waals surface area (Å²) in [5.74, 6) is -5.00. The van der Waals surface area contributed by atoms with E-state index in [1.807, 2.05) is 15.8 Å². The van der Waals surface area contributed by atoms with Gasteiger partial charge in [0.25, 0.3) is 17.7 Å². The fourth-order valence-electron chi connectivity index (χ4n) is 9.12. The number of piperidine rings is 3. The number of anilines is 3. The van der Waals surface area contributed by atoms with Crippen molar-refractivity contribution < 1.29 is 42.3 Å². The van der Waals surface area contributed by atoms with E-state index in [0.717, 1.165) is 62.7 Å². The van der Waals surface area contributed by atoms with Gasteiger partial charge in [-0.1, -0.05) is 30.3 Å². The van der Waals surface area contributed by atoms with Crippen LogP contribution in [0, 0.1) is 17.6 Å². The summed E-state index contributed by atoms with van der Waals surface area (Å²) in [4.78, 5) is 91.4. The number of esters is 1. The Morgan fingerprint density at radius 2 is 1.59 bits per heavy atom. The molecule has 0 saturated carbocycles. The first-order chi connectivity index (χ1) is 31.9. The van der Waals surface area contributed by atoms with E-state index in [-0.39, 0.29) is 47.2 Å². The Balaban J connectivity index is 0.761. The number of carbonyl (C=O) groups excluding carboxylic acids is 6. The van der Waals surface area contributed by atoms with Crippen molar-refractivity contribution in [2.75, 3.05) is 48.7 Å². The minimum atomic E-state index is -1.38. The smallest absolute Gasteiger partial charge is 0.361 e. The number of amides is 5. The van der Waals surface area contributed by atoms with E-state index in [9.17, 15) is 33.2 Å². The molecule has 0 radical (unpaired) electrons. The van der Waals surface area contributed by atoms with Gasteiger partial charge in [-0.15, -0.1) is 0 Å². The highest BCUT2D eigenvalue weighted by molar-refractivity contribution is 6.23. The molecule has 4 aliphatic heterocycles. The van der Waals surface area contributed by atoms with Crippen LogP contribution < -0.4 is 21.3 Å². The van der Waals surface area contributed by atoms with Gasteiger partial charge in [-0.25, -0.2) is 23.5 Å². The molecule has 5 aromatic rings. The number of nitrogens with one attached hydrogen (secondary N) is 2. The molecule has 4 aliphatic rings. The molecule has 1 unspecified atom stereocenters. The predicted octanol–water partition coefficient (Wildman–Crippen LogP) is 5.08. The lowest BCUT2D eigenvalue weighted by Crippen LogP contribution is -2.54. The summed E-state index contributed by atoms with van der Waals surface area (Å²) >= 11 is 0. The minimum absolute atomic E-state index is 0.00326. The van der Waals surface area contributed by atoms with Gasteiger partial charge in [0.2, 0.25) is 17.9 Å². The zero-order valence-corrected chi connectivity index (χ0v) is 35.7. The molecule has 3 saturated heterocycles. The molecule has 3 aromatic carbocycles. The van der Waals surface area contributed by atoms with Crippen molar-refractivity contribution in [1.82, 2.24) is 34.9 Å². The van der Waals surface area contributed by atoms with Crippen LogP contribution in [0.4, 0.5) is 26.0 Å². The number of halogens is 2. The van der Waals surface area contributed by atoms with Crippen LogP contribution in [0.3, 0.4) is 0 Å². The van der Waals surface area contributed by atoms with Gasteiger partial charge in [0.05, 0.1) is 40.9 Å². The summed E-state index contributed by atoms with van der Waals surface area (Å²) in [6, 6.07) is 15.2. The van der Waals surface area contributed by atoms with Crippen molar-refractivity contribution in [2.45, 2.75) is 63.1 Å². The summed E-state index contributed by atoms with van der Waals surface area (Å²) in [5, 5.41) is 9.45. The summed E-state index contributed by atoms with van der Waals surface area (Å²) in [7, 11) is 0. The van der Waals surface area contributed by atoms with Gasteiger partial charge in [0.1, 0.15) is 17.7 Å². The van der Waals surface area contributed by atoms with E-state index in [4.69, 9.17) is 10.5 Å². The maximum Gasteiger partial charge on any atom is 0.361 e. The Morgan fingerprint density at radius 1 is 0.879 bits per heavy atom. The lowest BCUT2D eigenvalue weighted by molar-refractivity contribution is -0.136. The SMILES string of the molecule is Nc1ncc(-c2cnn(C3CCN(CCC4CCN(c5cc6c(cc5F)C(=O)N(C5CCC(=O)NC5=O)C6=O)CC4)CC3)c2)nc1C(=O)O[C@@H](C(=O)Nc1ccc(F)cc1)c1ccccc1. The van der Waals surface area contributed by atoms with Crippen LogP contribution in [0.25, 0.3) is 11.3 Å². The highest BCUT2D eigenvalue weighted by atomic mass is 19.1. The topological polar surface area (TPSA) is 215 Å². The average Bonchev–Trinajstić information content (AvgIpc) is 3.91. The van der Waals surface area contributed by atoms with Crippen LogP contribution in [0.15, 0.2) is 85.3 Å². The molecule has 66 heavy (non-hydrogen) atoms. The minimum Gasteiger partial charge on any atom is -0.442 e. The van der Waals surface area contributed by atoms with E-state index in [1.54, 1.807) is 36.5 Å². The van der Waals surface area contributed by atoms with Crippen molar-refractivity contribution in [3.63, 3.8) is 0 Å². The molecule has 2 aromatic heterocycles. The first-order valence-electron chi connectivity index (χ1n) is 21.9. The van der Waals surface area contributed by atoms with Gasteiger partial charge < -0.3 is 25.6 Å². The second kappa shape index (κ2) is 18.6. The van der Waals surface area contributed by atoms with E-state index in [2.05, 4.69) is 30.6 Å². The second-order valence-electron chi connectivity index (χ2n) is 17.0. The van der Waals surface area contributed by atoms with Crippen molar-refractivity contribution in [1.29, 1.82) is 0 Å². The zero-order chi connectivity index (χ0) is 46.1. The number of nitrogens with two attached hydrogens (primary N) is 1. The largest absolute Gasteiger partial charge is 0.442 e. The van der Waals surface area contributed by atoms with E-state index >= 15 is 4.39 Å². The van der Waals surface area contributed by atoms with Gasteiger partial charge in [-0.05, 0) is 87.4 Å². The second-order valence-corrected chi connectivity index (χ2v) is 17.0. The van der Waals surface area contributed by atoms with Gasteiger partial charge >= 0.3 is 5.97 Å². The van der Waals surface area contributed by atoms with Crippen molar-refractivity contribution in [3.8, 4) is 11.3 Å². The predicted molar refractivity (Wildman–Crippen MR) is 235 cm³/mol. The number of ether oxygens (including phenoxy) is 1. The lowest BCUT2D eigenvalue weighted by Gasteiger charge is -2.36. The highest BCUT2D eigenvalue weighted by Gasteiger charge is 2.45. The van der Waals surface area contributed by atoms with Crippen LogP contribution in [-0.2, 0) is 19.1 Å². The number of benzene rings is 3. The standard InChI is InChI=1S/C47H46F2N10O7/c48-30-6-8-31(9-7-30)53-44(62)41(28-4-2-1-3-5-28)66-47(65)40-42(50)51-25-36(54-40)29-24-52-58(26-29)32-15-18-56(19-16-32)17-12-27-13-20-57(21-14-27)38-23-34-33(22-35(38)49)45(63)59(46(34)64)37-10-11-39(60)55-43(37)61/h1-9,22-27,32,37,41H,10-21H2,(H2,50,51)(H,53,62)(H,55,60,61)/t37?,41-/m1/s1. The number of imide groups is 2. The molecule has 17 nitrogen and oxygen atoms in total. The molecule has 0 bridgehead atoms. The maximum absolute atomic E-state index is 15.5. The molecule has 340 valence electrons. The summed E-state index contributed by atoms with van der Waals surface area (Å²) in [5.41, 5.74) is 7.76. The molecular weight excluding hydrogens is 855 g/mol. The molecule has 0 aliphatic carbocycles. The van der Waals surface area contributed by atoms with Crippen molar-refractivity contribution in [3.05, 3.63) is 119 Å². The van der Waals surface area contributed by atoms with Gasteiger partial charge in [-0.3, -0.25) is 38.9 Å². The number of nitrogens with zero attached hydrogens (tertiary/aromatic N) is 7. The lowest BCUT2D eigenvalue weighted by atomic mass is 9.92. The fourth-order valence-corrected chi connectivity index (χ4v) is 9.12. The maximum atomic E-state index is 15.5. The molecule has 9 rings (SSSR count). The number of likely N-dealkylation sites (tertiary alicyclic amines) is 1. The fraction of sp³-hybridized carbons (Fsp3) is 0.340. The van der Waals surface area contributed by atoms with E-state index in [0.29, 0.717) is 41.5 Å². The molecule has 2 atom stereocenters. The van der Waals surface area contributed by atoms with Crippen LogP contribution in [-0.4, -0.2) is 104 Å². The molecule has 0 spiro atoms. The molecule has 5 amide bonds. The number of hydrogen-bond acceptors (Lipinski definition) is 13. The third kappa shape index (κ3) is 9.10. The Morgan fingerprint density at radius 3 is 2.30 bits per heavy atom. The molecule has 19 heteroatoms. The average molecular weight is 901 g/mol. The van der Waals surface area contributed by atoms with Crippen LogP contribution >= 0.6 is 0 Å². The number of rotatable bonds is 12. The normalized spacial score (nSPS) is 18.8. The first-order valence-corrected chi connectivity index (χ1v) is 21.9. The van der Waals surface area contributed by atoms with Crippen LogP contribution in [0.1, 0.15) is 93.9 Å². The third-order valence-electron chi connectivity index (χ3n) is 12.8. The number of carbonyl (C=O) groups is 6. The molecule has 4 N–H and O–H groups in total. The number of fused-ring (bicyclic) bond motifs is 1. The zero-order valence-electron chi connectivity index (χ0n) is 35.7. The number of aromatic nitrogens is 4. The van der Waals surface area contributed by atoms with E-state index in [1.165, 1.54) is 36.5 Å². The summed E-state index contributed by atoms with van der Waals surface area (Å²) in [6.07, 6.45) is 8.00. The Labute approximate surface area is 377 Å². The van der Waals surface area contributed by atoms with Gasteiger partial charge in [-0.2, -0.15) is 5.10 Å². The first kappa shape index (κ1) is 43.8. The van der Waals surface area contributed by atoms with Crippen LogP contribution in [0.2, 0.25) is 0 Å². The Hall–Kier alpha value is -7.41. The van der Waals surface area contributed by atoms with Crippen molar-refractivity contribution >= 4 is 52.7 Å². The van der Waals surface area contributed by atoms with E-state index < -0.39 is 59.3 Å². The summed E-state index contributed by atoms with van der Waals surface area (Å²) < 4.78 is 36.6. The van der Waals surface area contributed by atoms with Crippen molar-refractivity contribution in [2.24, 2.45) is 5.92 Å². The van der Waals surface area contributed by atoms with Gasteiger partial charge in [0, 0.05) is 55.6 Å². The molecule has 3 fully saturated rings. The summed E-state index contributed by atoms with van der Waals surface area (Å²) in [6.45, 7) is 3.84. The quantitative estimate of drug-likeness (QED) is 0.110. The monoisotopic (exact) mass is 900 g/mol. The molecule has 6 heterocycles. The Kier molecular flexibility index (Phi) is 12.3.